The van der Waals surface area contributed by atoms with Crippen molar-refractivity contribution in [3.05, 3.63) is 23.3 Å². The van der Waals surface area contributed by atoms with Crippen LogP contribution in [0.1, 0.15) is 67.8 Å². The second-order valence-corrected chi connectivity index (χ2v) is 10.2. The van der Waals surface area contributed by atoms with Gasteiger partial charge < -0.3 is 24.6 Å². The maximum atomic E-state index is 13.4. The van der Waals surface area contributed by atoms with Gasteiger partial charge in [0.2, 0.25) is 0 Å². The van der Waals surface area contributed by atoms with Crippen LogP contribution in [0.3, 0.4) is 0 Å². The molecule has 2 bridgehead atoms. The Balaban J connectivity index is 1.54. The zero-order chi connectivity index (χ0) is 25.3. The quantitative estimate of drug-likeness (QED) is 0.563. The van der Waals surface area contributed by atoms with E-state index in [1.165, 1.54) is 26.4 Å². The number of hydrogen-bond donors (Lipinski definition) is 2. The normalized spacial score (nSPS) is 31.3. The molecule has 0 radical (unpaired) electrons. The van der Waals surface area contributed by atoms with Gasteiger partial charge in [0.1, 0.15) is 17.6 Å². The number of rotatable bonds is 7. The SMILES string of the molecule is COC(=O)[C@H]1[C@@H]2CC[C@@H](C2)[C@H]1NC(=O)c1cc(O[C@H]2CC[C@@](C)(C(=O)O)CC2)c(C#N)cc1OC. The highest BCUT2D eigenvalue weighted by molar-refractivity contribution is 5.98. The van der Waals surface area contributed by atoms with Crippen LogP contribution < -0.4 is 14.8 Å². The molecule has 0 aromatic heterocycles. The second-order valence-electron chi connectivity index (χ2n) is 10.2. The number of hydrogen-bond acceptors (Lipinski definition) is 7. The van der Waals surface area contributed by atoms with Crippen molar-refractivity contribution in [2.45, 2.75) is 64.0 Å². The van der Waals surface area contributed by atoms with E-state index in [2.05, 4.69) is 11.4 Å². The standard InChI is InChI=1S/C26H32N2O7/c1-26(25(31)32)8-6-17(7-9-26)35-19-12-18(20(33-2)11-16(19)13-27)23(29)28-22-15-5-4-14(10-15)21(22)24(30)34-3/h11-12,14-15,17,21-22H,4-10H2,1-3H3,(H,28,29)(H,31,32)/t14-,15+,17-,21+,22-,26+/m1/s1. The molecule has 3 aliphatic rings. The Morgan fingerprint density at radius 2 is 1.77 bits per heavy atom. The number of nitrogens with zero attached hydrogens (tertiary/aromatic N) is 1. The van der Waals surface area contributed by atoms with E-state index in [4.69, 9.17) is 14.2 Å². The monoisotopic (exact) mass is 484 g/mol. The topological polar surface area (TPSA) is 135 Å². The molecule has 4 rings (SSSR count). The summed E-state index contributed by atoms with van der Waals surface area (Å²) in [7, 11) is 2.79. The summed E-state index contributed by atoms with van der Waals surface area (Å²) in [6.07, 6.45) is 4.56. The summed E-state index contributed by atoms with van der Waals surface area (Å²) in [5.41, 5.74) is -0.323. The van der Waals surface area contributed by atoms with E-state index in [1.54, 1.807) is 6.92 Å². The average Bonchev–Trinajstić information content (AvgIpc) is 3.46. The molecule has 3 saturated carbocycles. The Hall–Kier alpha value is -3.28. The van der Waals surface area contributed by atoms with Crippen molar-refractivity contribution in [2.24, 2.45) is 23.2 Å². The third-order valence-electron chi connectivity index (χ3n) is 8.20. The summed E-state index contributed by atoms with van der Waals surface area (Å²) in [6.45, 7) is 1.74. The minimum absolute atomic E-state index is 0.210. The molecule has 0 spiro atoms. The van der Waals surface area contributed by atoms with Crippen LogP contribution in [0.25, 0.3) is 0 Å². The Labute approximate surface area is 204 Å². The lowest BCUT2D eigenvalue weighted by Gasteiger charge is -2.34. The predicted molar refractivity (Wildman–Crippen MR) is 124 cm³/mol. The molecular formula is C26H32N2O7. The summed E-state index contributed by atoms with van der Waals surface area (Å²) < 4.78 is 16.5. The lowest BCUT2D eigenvalue weighted by Crippen LogP contribution is -2.47. The molecule has 1 aromatic carbocycles. The van der Waals surface area contributed by atoms with Crippen LogP contribution in [-0.2, 0) is 14.3 Å². The van der Waals surface area contributed by atoms with Crippen molar-refractivity contribution in [1.29, 1.82) is 5.26 Å². The van der Waals surface area contributed by atoms with Gasteiger partial charge in [0.05, 0.1) is 42.8 Å². The van der Waals surface area contributed by atoms with Crippen molar-refractivity contribution in [1.82, 2.24) is 5.32 Å². The Bertz CT molecular complexity index is 1050. The highest BCUT2D eigenvalue weighted by Crippen LogP contribution is 2.49. The lowest BCUT2D eigenvalue weighted by atomic mass is 9.75. The zero-order valence-corrected chi connectivity index (χ0v) is 20.3. The van der Waals surface area contributed by atoms with Crippen LogP contribution in [-0.4, -0.2) is 49.3 Å². The fourth-order valence-electron chi connectivity index (χ4n) is 6.03. The smallest absolute Gasteiger partial charge is 0.311 e. The van der Waals surface area contributed by atoms with Gasteiger partial charge in [0, 0.05) is 12.1 Å². The van der Waals surface area contributed by atoms with Crippen LogP contribution in [0, 0.1) is 34.5 Å². The van der Waals surface area contributed by atoms with E-state index in [-0.39, 0.29) is 58.5 Å². The number of carboxylic acids is 1. The average molecular weight is 485 g/mol. The van der Waals surface area contributed by atoms with Crippen LogP contribution >= 0.6 is 0 Å². The van der Waals surface area contributed by atoms with E-state index in [1.807, 2.05) is 0 Å². The predicted octanol–water partition coefficient (Wildman–Crippen LogP) is 3.30. The Morgan fingerprint density at radius 3 is 2.37 bits per heavy atom. The molecule has 35 heavy (non-hydrogen) atoms. The summed E-state index contributed by atoms with van der Waals surface area (Å²) >= 11 is 0. The first-order valence-electron chi connectivity index (χ1n) is 12.1. The maximum absolute atomic E-state index is 13.4. The van der Waals surface area contributed by atoms with Crippen molar-refractivity contribution in [3.63, 3.8) is 0 Å². The van der Waals surface area contributed by atoms with E-state index in [9.17, 15) is 24.8 Å². The summed E-state index contributed by atoms with van der Waals surface area (Å²) in [6, 6.07) is 4.77. The summed E-state index contributed by atoms with van der Waals surface area (Å²) in [4.78, 5) is 37.3. The number of ether oxygens (including phenoxy) is 3. The highest BCUT2D eigenvalue weighted by Gasteiger charge is 2.52. The van der Waals surface area contributed by atoms with Crippen LogP contribution in [0.4, 0.5) is 0 Å². The number of nitriles is 1. The van der Waals surface area contributed by atoms with Gasteiger partial charge >= 0.3 is 11.9 Å². The molecule has 9 heteroatoms. The van der Waals surface area contributed by atoms with Crippen LogP contribution in [0.5, 0.6) is 11.5 Å². The van der Waals surface area contributed by atoms with Gasteiger partial charge in [-0.1, -0.05) is 0 Å². The summed E-state index contributed by atoms with van der Waals surface area (Å²) in [5.74, 6) is -0.947. The van der Waals surface area contributed by atoms with Gasteiger partial charge in [0.15, 0.2) is 0 Å². The molecule has 9 nitrogen and oxygen atoms in total. The lowest BCUT2D eigenvalue weighted by molar-refractivity contribution is -0.151. The third-order valence-corrected chi connectivity index (χ3v) is 8.20. The minimum atomic E-state index is -0.817. The molecule has 0 aliphatic heterocycles. The molecule has 0 saturated heterocycles. The largest absolute Gasteiger partial charge is 0.496 e. The third kappa shape index (κ3) is 4.66. The zero-order valence-electron chi connectivity index (χ0n) is 20.3. The number of aliphatic carboxylic acids is 1. The molecule has 2 N–H and O–H groups in total. The minimum Gasteiger partial charge on any atom is -0.496 e. The van der Waals surface area contributed by atoms with Crippen molar-refractivity contribution in [2.75, 3.05) is 14.2 Å². The van der Waals surface area contributed by atoms with Gasteiger partial charge in [0.25, 0.3) is 5.91 Å². The second kappa shape index (κ2) is 9.76. The molecule has 1 amide bonds. The number of methoxy groups -OCH3 is 2. The number of carbonyl (C=O) groups is 3. The fourth-order valence-corrected chi connectivity index (χ4v) is 6.03. The molecule has 4 atom stereocenters. The molecule has 0 unspecified atom stereocenters. The number of benzene rings is 1. The maximum Gasteiger partial charge on any atom is 0.311 e. The summed E-state index contributed by atoms with van der Waals surface area (Å²) in [5, 5.41) is 22.2. The number of esters is 1. The van der Waals surface area contributed by atoms with E-state index in [0.29, 0.717) is 25.7 Å². The van der Waals surface area contributed by atoms with E-state index >= 15 is 0 Å². The Morgan fingerprint density at radius 1 is 1.09 bits per heavy atom. The van der Waals surface area contributed by atoms with Gasteiger partial charge in [-0.3, -0.25) is 14.4 Å². The number of fused-ring (bicyclic) bond motifs is 2. The number of amides is 1. The number of carbonyl (C=O) groups excluding carboxylic acids is 2. The molecule has 3 aliphatic carbocycles. The fraction of sp³-hybridized carbons (Fsp3) is 0.615. The molecule has 3 fully saturated rings. The first kappa shape index (κ1) is 24.8. The molecular weight excluding hydrogens is 452 g/mol. The van der Waals surface area contributed by atoms with E-state index in [0.717, 1.165) is 19.3 Å². The van der Waals surface area contributed by atoms with Gasteiger partial charge in [-0.05, 0) is 69.8 Å². The van der Waals surface area contributed by atoms with Crippen molar-refractivity contribution >= 4 is 17.8 Å². The number of carboxylic acid groups (broad SMARTS) is 1. The molecule has 1 aromatic rings. The van der Waals surface area contributed by atoms with Crippen molar-refractivity contribution in [3.8, 4) is 17.6 Å². The van der Waals surface area contributed by atoms with Crippen molar-refractivity contribution < 1.29 is 33.7 Å². The Kier molecular flexibility index (Phi) is 6.93. The van der Waals surface area contributed by atoms with Gasteiger partial charge in [-0.25, -0.2) is 0 Å². The van der Waals surface area contributed by atoms with Crippen LogP contribution in [0.2, 0.25) is 0 Å². The molecule has 188 valence electrons. The first-order valence-corrected chi connectivity index (χ1v) is 12.1. The van der Waals surface area contributed by atoms with Gasteiger partial charge in [-0.15, -0.1) is 0 Å². The number of nitrogens with one attached hydrogen (secondary N) is 1. The van der Waals surface area contributed by atoms with E-state index < -0.39 is 17.3 Å². The first-order chi connectivity index (χ1) is 16.7. The molecule has 0 heterocycles. The van der Waals surface area contributed by atoms with Crippen LogP contribution in [0.15, 0.2) is 12.1 Å². The van der Waals surface area contributed by atoms with Gasteiger partial charge in [-0.2, -0.15) is 5.26 Å². The highest BCUT2D eigenvalue weighted by atomic mass is 16.5.